The summed E-state index contributed by atoms with van der Waals surface area (Å²) in [7, 11) is 1.83. The van der Waals surface area contributed by atoms with E-state index in [4.69, 9.17) is 5.73 Å². The number of hydrogen-bond donors (Lipinski definition) is 1. The first-order valence-electron chi connectivity index (χ1n) is 9.76. The molecule has 4 rings (SSSR count). The van der Waals surface area contributed by atoms with Crippen LogP contribution in [-0.2, 0) is 4.79 Å². The average Bonchev–Trinajstić information content (AvgIpc) is 3.28. The number of aromatic nitrogens is 3. The molecule has 1 saturated carbocycles. The number of piperidine rings is 1. The predicted molar refractivity (Wildman–Crippen MR) is 95.4 cm³/mol. The van der Waals surface area contributed by atoms with Gasteiger partial charge in [0.05, 0.1) is 12.2 Å². The molecular formula is C18H28N6O2. The lowest BCUT2D eigenvalue weighted by Gasteiger charge is -2.43. The monoisotopic (exact) mass is 360 g/mol. The molecule has 1 aromatic heterocycles. The Labute approximate surface area is 153 Å². The molecule has 142 valence electrons. The van der Waals surface area contributed by atoms with Crippen molar-refractivity contribution in [3.63, 3.8) is 0 Å². The van der Waals surface area contributed by atoms with Crippen molar-refractivity contribution in [3.8, 4) is 0 Å². The number of likely N-dealkylation sites (N-methyl/N-ethyl adjacent to an activating group) is 1. The summed E-state index contributed by atoms with van der Waals surface area (Å²) in [5, 5.41) is 8.35. The van der Waals surface area contributed by atoms with Gasteiger partial charge in [0, 0.05) is 26.2 Å². The number of likely N-dealkylation sites (tertiary alicyclic amines) is 2. The summed E-state index contributed by atoms with van der Waals surface area (Å²) in [6, 6.07) is 0.536. The van der Waals surface area contributed by atoms with E-state index in [-0.39, 0.29) is 23.9 Å². The Kier molecular flexibility index (Phi) is 4.46. The Bertz CT molecular complexity index is 696. The lowest BCUT2D eigenvalue weighted by molar-refractivity contribution is -0.144. The summed E-state index contributed by atoms with van der Waals surface area (Å²) >= 11 is 0. The molecule has 2 N–H and O–H groups in total. The van der Waals surface area contributed by atoms with Crippen LogP contribution in [0.1, 0.15) is 67.9 Å². The average molecular weight is 360 g/mol. The highest BCUT2D eigenvalue weighted by Gasteiger charge is 2.52. The first-order chi connectivity index (χ1) is 12.5. The van der Waals surface area contributed by atoms with Gasteiger partial charge in [-0.3, -0.25) is 9.59 Å². The van der Waals surface area contributed by atoms with Gasteiger partial charge in [-0.05, 0) is 51.4 Å². The number of carbonyl (C=O) groups is 2. The van der Waals surface area contributed by atoms with Crippen LogP contribution in [0.15, 0.2) is 6.20 Å². The number of nitrogens with zero attached hydrogens (tertiary/aromatic N) is 5. The van der Waals surface area contributed by atoms with Crippen molar-refractivity contribution in [2.45, 2.75) is 69.0 Å². The zero-order valence-electron chi connectivity index (χ0n) is 15.4. The minimum absolute atomic E-state index is 0.0725. The molecule has 26 heavy (non-hydrogen) atoms. The molecule has 1 spiro atoms. The second-order valence-electron chi connectivity index (χ2n) is 8.07. The van der Waals surface area contributed by atoms with E-state index in [2.05, 4.69) is 10.3 Å². The van der Waals surface area contributed by atoms with Crippen LogP contribution in [0.3, 0.4) is 0 Å². The maximum absolute atomic E-state index is 13.1. The Hall–Kier alpha value is -1.96. The van der Waals surface area contributed by atoms with Gasteiger partial charge in [0.1, 0.15) is 5.54 Å². The summed E-state index contributed by atoms with van der Waals surface area (Å²) in [6.45, 7) is 1.38. The van der Waals surface area contributed by atoms with Crippen molar-refractivity contribution in [2.24, 2.45) is 5.73 Å². The molecule has 1 aromatic rings. The minimum atomic E-state index is -0.675. The molecule has 1 unspecified atom stereocenters. The zero-order chi connectivity index (χ0) is 18.3. The third kappa shape index (κ3) is 2.80. The van der Waals surface area contributed by atoms with Crippen molar-refractivity contribution in [1.29, 1.82) is 0 Å². The van der Waals surface area contributed by atoms with Crippen molar-refractivity contribution in [3.05, 3.63) is 11.9 Å². The lowest BCUT2D eigenvalue weighted by Crippen LogP contribution is -2.60. The molecular weight excluding hydrogens is 332 g/mol. The summed E-state index contributed by atoms with van der Waals surface area (Å²) in [4.78, 5) is 29.5. The standard InChI is InChI=1S/C18H28N6O2/c1-22-10-2-8-18(17(22)26)9-3-11-23(18)16(25)15-12-24(21-20-15)14-6-4-13(19)5-7-14/h12-14H,2-11,19H2,1H3. The fourth-order valence-corrected chi connectivity index (χ4v) is 4.89. The van der Waals surface area contributed by atoms with Crippen LogP contribution >= 0.6 is 0 Å². The second kappa shape index (κ2) is 6.64. The van der Waals surface area contributed by atoms with E-state index in [1.165, 1.54) is 0 Å². The van der Waals surface area contributed by atoms with Gasteiger partial charge in [-0.25, -0.2) is 4.68 Å². The molecule has 1 aliphatic carbocycles. The smallest absolute Gasteiger partial charge is 0.276 e. The molecule has 2 amide bonds. The highest BCUT2D eigenvalue weighted by Crippen LogP contribution is 2.38. The van der Waals surface area contributed by atoms with Gasteiger partial charge in [0.25, 0.3) is 5.91 Å². The lowest BCUT2D eigenvalue weighted by atomic mass is 9.85. The van der Waals surface area contributed by atoms with Gasteiger partial charge in [0.15, 0.2) is 5.69 Å². The third-order valence-electron chi connectivity index (χ3n) is 6.41. The van der Waals surface area contributed by atoms with E-state index in [9.17, 15) is 9.59 Å². The fraction of sp³-hybridized carbons (Fsp3) is 0.778. The van der Waals surface area contributed by atoms with Gasteiger partial charge in [-0.2, -0.15) is 0 Å². The number of carbonyl (C=O) groups excluding carboxylic acids is 2. The number of nitrogens with two attached hydrogens (primary N) is 1. The second-order valence-corrected chi connectivity index (χ2v) is 8.07. The third-order valence-corrected chi connectivity index (χ3v) is 6.41. The normalized spacial score (nSPS) is 32.5. The Morgan fingerprint density at radius 3 is 2.62 bits per heavy atom. The van der Waals surface area contributed by atoms with E-state index in [1.807, 2.05) is 11.7 Å². The largest absolute Gasteiger partial charge is 0.344 e. The Morgan fingerprint density at radius 2 is 1.88 bits per heavy atom. The fourth-order valence-electron chi connectivity index (χ4n) is 4.89. The molecule has 0 radical (unpaired) electrons. The van der Waals surface area contributed by atoms with Gasteiger partial charge < -0.3 is 15.5 Å². The summed E-state index contributed by atoms with van der Waals surface area (Å²) in [5.74, 6) is -0.0897. The quantitative estimate of drug-likeness (QED) is 0.847. The van der Waals surface area contributed by atoms with Crippen LogP contribution in [0.4, 0.5) is 0 Å². The highest BCUT2D eigenvalue weighted by molar-refractivity contribution is 5.98. The first-order valence-corrected chi connectivity index (χ1v) is 9.76. The van der Waals surface area contributed by atoms with E-state index in [0.29, 0.717) is 12.2 Å². The zero-order valence-corrected chi connectivity index (χ0v) is 15.4. The van der Waals surface area contributed by atoms with Crippen LogP contribution in [-0.4, -0.2) is 68.3 Å². The predicted octanol–water partition coefficient (Wildman–Crippen LogP) is 0.948. The van der Waals surface area contributed by atoms with Crippen LogP contribution in [0.25, 0.3) is 0 Å². The van der Waals surface area contributed by atoms with Gasteiger partial charge in [-0.15, -0.1) is 5.10 Å². The number of amides is 2. The minimum Gasteiger partial charge on any atom is -0.344 e. The van der Waals surface area contributed by atoms with Crippen LogP contribution in [0, 0.1) is 0 Å². The molecule has 3 aliphatic rings. The Morgan fingerprint density at radius 1 is 1.19 bits per heavy atom. The molecule has 1 atom stereocenters. The highest BCUT2D eigenvalue weighted by atomic mass is 16.2. The SMILES string of the molecule is CN1CCCC2(CCCN2C(=O)c2cn(C3CCC(N)CC3)nn2)C1=O. The van der Waals surface area contributed by atoms with Crippen molar-refractivity contribution < 1.29 is 9.59 Å². The topological polar surface area (TPSA) is 97.3 Å². The van der Waals surface area contributed by atoms with E-state index >= 15 is 0 Å². The molecule has 3 heterocycles. The maximum atomic E-state index is 13.1. The number of rotatable bonds is 2. The van der Waals surface area contributed by atoms with E-state index in [0.717, 1.165) is 57.9 Å². The summed E-state index contributed by atoms with van der Waals surface area (Å²) in [5.41, 5.74) is 5.65. The molecule has 2 saturated heterocycles. The molecule has 0 bridgehead atoms. The van der Waals surface area contributed by atoms with Crippen LogP contribution in [0.2, 0.25) is 0 Å². The molecule has 2 aliphatic heterocycles. The summed E-state index contributed by atoms with van der Waals surface area (Å²) < 4.78 is 1.82. The van der Waals surface area contributed by atoms with Crippen molar-refractivity contribution in [1.82, 2.24) is 24.8 Å². The number of hydrogen-bond acceptors (Lipinski definition) is 5. The van der Waals surface area contributed by atoms with Crippen molar-refractivity contribution >= 4 is 11.8 Å². The molecule has 0 aromatic carbocycles. The van der Waals surface area contributed by atoms with Crippen LogP contribution in [0.5, 0.6) is 0 Å². The Balaban J connectivity index is 1.53. The molecule has 8 nitrogen and oxygen atoms in total. The van der Waals surface area contributed by atoms with Gasteiger partial charge >= 0.3 is 0 Å². The van der Waals surface area contributed by atoms with Crippen LogP contribution < -0.4 is 5.73 Å². The van der Waals surface area contributed by atoms with E-state index < -0.39 is 5.54 Å². The molecule has 3 fully saturated rings. The van der Waals surface area contributed by atoms with Gasteiger partial charge in [-0.1, -0.05) is 5.21 Å². The maximum Gasteiger partial charge on any atom is 0.276 e. The molecule has 8 heteroatoms. The first kappa shape index (κ1) is 17.5. The van der Waals surface area contributed by atoms with E-state index in [1.54, 1.807) is 16.0 Å². The van der Waals surface area contributed by atoms with Gasteiger partial charge in [0.2, 0.25) is 5.91 Å². The van der Waals surface area contributed by atoms with Crippen molar-refractivity contribution in [2.75, 3.05) is 20.1 Å². The summed E-state index contributed by atoms with van der Waals surface area (Å²) in [6.07, 6.45) is 8.93.